The standard InChI is InChI=1S/C17H16FN5O2/c1-12(23-11-19-10-22-23)16(24)21-9-13-4-3-7-20-17(13)25-15-6-2-5-14(18)8-15/h2-8,10-12H,9H2,1H3,(H,21,24)/t12-/m1/s1. The predicted octanol–water partition coefficient (Wildman–Crippen LogP) is 2.48. The van der Waals surface area contributed by atoms with Crippen LogP contribution in [0.4, 0.5) is 4.39 Å². The second-order valence-electron chi connectivity index (χ2n) is 5.30. The highest BCUT2D eigenvalue weighted by molar-refractivity contribution is 5.79. The van der Waals surface area contributed by atoms with Crippen molar-refractivity contribution < 1.29 is 13.9 Å². The van der Waals surface area contributed by atoms with Gasteiger partial charge in [0.1, 0.15) is 30.3 Å². The average molecular weight is 341 g/mol. The van der Waals surface area contributed by atoms with E-state index in [4.69, 9.17) is 4.74 Å². The molecule has 128 valence electrons. The minimum absolute atomic E-state index is 0.217. The molecule has 1 amide bonds. The molecule has 7 nitrogen and oxygen atoms in total. The monoisotopic (exact) mass is 341 g/mol. The summed E-state index contributed by atoms with van der Waals surface area (Å²) in [5.74, 6) is 0.0278. The largest absolute Gasteiger partial charge is 0.439 e. The van der Waals surface area contributed by atoms with Crippen LogP contribution < -0.4 is 10.1 Å². The predicted molar refractivity (Wildman–Crippen MR) is 87.3 cm³/mol. The highest BCUT2D eigenvalue weighted by Gasteiger charge is 2.16. The summed E-state index contributed by atoms with van der Waals surface area (Å²) in [7, 11) is 0. The lowest BCUT2D eigenvalue weighted by Crippen LogP contribution is -2.31. The Bertz CT molecular complexity index is 854. The maximum absolute atomic E-state index is 13.3. The van der Waals surface area contributed by atoms with Crippen LogP contribution in [0.25, 0.3) is 0 Å². The Morgan fingerprint density at radius 2 is 2.24 bits per heavy atom. The molecule has 2 heterocycles. The molecule has 0 unspecified atom stereocenters. The van der Waals surface area contributed by atoms with Gasteiger partial charge in [-0.3, -0.25) is 4.79 Å². The van der Waals surface area contributed by atoms with Gasteiger partial charge in [-0.15, -0.1) is 0 Å². The van der Waals surface area contributed by atoms with Crippen molar-refractivity contribution in [2.24, 2.45) is 0 Å². The van der Waals surface area contributed by atoms with Crippen molar-refractivity contribution in [1.29, 1.82) is 0 Å². The molecule has 1 N–H and O–H groups in total. The Kier molecular flexibility index (Phi) is 4.98. The number of benzene rings is 1. The molecule has 0 aliphatic heterocycles. The zero-order valence-corrected chi connectivity index (χ0v) is 13.5. The first-order valence-corrected chi connectivity index (χ1v) is 7.62. The third kappa shape index (κ3) is 4.17. The Labute approximate surface area is 143 Å². The van der Waals surface area contributed by atoms with Crippen LogP contribution in [-0.4, -0.2) is 25.7 Å². The van der Waals surface area contributed by atoms with Crippen molar-refractivity contribution in [3.05, 3.63) is 66.6 Å². The second-order valence-corrected chi connectivity index (χ2v) is 5.30. The molecule has 0 radical (unpaired) electrons. The quantitative estimate of drug-likeness (QED) is 0.745. The van der Waals surface area contributed by atoms with Gasteiger partial charge in [-0.05, 0) is 25.1 Å². The third-order valence-corrected chi connectivity index (χ3v) is 3.53. The molecule has 0 bridgehead atoms. The summed E-state index contributed by atoms with van der Waals surface area (Å²) in [6.07, 6.45) is 4.42. The van der Waals surface area contributed by atoms with Gasteiger partial charge in [-0.25, -0.2) is 19.0 Å². The van der Waals surface area contributed by atoms with E-state index in [0.29, 0.717) is 17.2 Å². The van der Waals surface area contributed by atoms with Crippen LogP contribution in [0, 0.1) is 5.82 Å². The van der Waals surface area contributed by atoms with Crippen molar-refractivity contribution in [2.75, 3.05) is 0 Å². The number of pyridine rings is 1. The van der Waals surface area contributed by atoms with Gasteiger partial charge >= 0.3 is 0 Å². The molecule has 8 heteroatoms. The van der Waals surface area contributed by atoms with Crippen LogP contribution in [0.1, 0.15) is 18.5 Å². The molecule has 0 saturated heterocycles. The summed E-state index contributed by atoms with van der Waals surface area (Å²) >= 11 is 0. The Balaban J connectivity index is 1.68. The molecule has 0 saturated carbocycles. The normalized spacial score (nSPS) is 11.8. The third-order valence-electron chi connectivity index (χ3n) is 3.53. The Morgan fingerprint density at radius 1 is 1.36 bits per heavy atom. The first-order valence-electron chi connectivity index (χ1n) is 7.62. The molecule has 0 fully saturated rings. The van der Waals surface area contributed by atoms with Crippen LogP contribution in [0.5, 0.6) is 11.6 Å². The first kappa shape index (κ1) is 16.6. The average Bonchev–Trinajstić information content (AvgIpc) is 3.15. The van der Waals surface area contributed by atoms with Gasteiger partial charge in [0.15, 0.2) is 0 Å². The molecule has 25 heavy (non-hydrogen) atoms. The molecule has 2 aromatic heterocycles. The van der Waals surface area contributed by atoms with E-state index in [0.717, 1.165) is 0 Å². The number of aromatic nitrogens is 4. The fraction of sp³-hybridized carbons (Fsp3) is 0.176. The molecular formula is C17H16FN5O2. The summed E-state index contributed by atoms with van der Waals surface area (Å²) in [6, 6.07) is 8.80. The number of hydrogen-bond donors (Lipinski definition) is 1. The van der Waals surface area contributed by atoms with Gasteiger partial charge in [0, 0.05) is 24.4 Å². The lowest BCUT2D eigenvalue weighted by molar-refractivity contribution is -0.124. The number of carbonyl (C=O) groups is 1. The summed E-state index contributed by atoms with van der Waals surface area (Å²) in [6.45, 7) is 1.94. The van der Waals surface area contributed by atoms with Gasteiger partial charge in [-0.2, -0.15) is 5.10 Å². The summed E-state index contributed by atoms with van der Waals surface area (Å²) < 4.78 is 20.4. The maximum atomic E-state index is 13.3. The number of hydrogen-bond acceptors (Lipinski definition) is 5. The number of ether oxygens (including phenoxy) is 1. The van der Waals surface area contributed by atoms with E-state index in [2.05, 4.69) is 20.4 Å². The minimum Gasteiger partial charge on any atom is -0.439 e. The number of carbonyl (C=O) groups excluding carboxylic acids is 1. The van der Waals surface area contributed by atoms with E-state index in [-0.39, 0.29) is 12.5 Å². The molecule has 0 aliphatic carbocycles. The van der Waals surface area contributed by atoms with Gasteiger partial charge in [0.05, 0.1) is 0 Å². The fourth-order valence-corrected chi connectivity index (χ4v) is 2.16. The second kappa shape index (κ2) is 7.52. The molecule has 1 atom stereocenters. The fourth-order valence-electron chi connectivity index (χ4n) is 2.16. The highest BCUT2D eigenvalue weighted by Crippen LogP contribution is 2.23. The molecule has 0 spiro atoms. The van der Waals surface area contributed by atoms with Gasteiger partial charge in [-0.1, -0.05) is 12.1 Å². The van der Waals surface area contributed by atoms with Gasteiger partial charge < -0.3 is 10.1 Å². The number of halogens is 1. The SMILES string of the molecule is C[C@H](C(=O)NCc1cccnc1Oc1cccc(F)c1)n1cncn1. The van der Waals surface area contributed by atoms with Crippen LogP contribution in [0.15, 0.2) is 55.2 Å². The van der Waals surface area contributed by atoms with E-state index in [1.165, 1.54) is 29.5 Å². The van der Waals surface area contributed by atoms with E-state index >= 15 is 0 Å². The van der Waals surface area contributed by atoms with Crippen LogP contribution in [-0.2, 0) is 11.3 Å². The molecule has 1 aromatic carbocycles. The van der Waals surface area contributed by atoms with Crippen molar-refractivity contribution in [3.63, 3.8) is 0 Å². The molecule has 3 aromatic rings. The van der Waals surface area contributed by atoms with Crippen molar-refractivity contribution in [2.45, 2.75) is 19.5 Å². The van der Waals surface area contributed by atoms with Crippen molar-refractivity contribution in [3.8, 4) is 11.6 Å². The van der Waals surface area contributed by atoms with E-state index < -0.39 is 11.9 Å². The number of rotatable bonds is 6. The zero-order valence-electron chi connectivity index (χ0n) is 13.5. The lowest BCUT2D eigenvalue weighted by Gasteiger charge is -2.14. The van der Waals surface area contributed by atoms with Crippen molar-refractivity contribution >= 4 is 5.91 Å². The first-order chi connectivity index (χ1) is 12.1. The Morgan fingerprint density at radius 3 is 3.00 bits per heavy atom. The van der Waals surface area contributed by atoms with Gasteiger partial charge in [0.25, 0.3) is 0 Å². The van der Waals surface area contributed by atoms with E-state index in [1.54, 1.807) is 37.4 Å². The van der Waals surface area contributed by atoms with Crippen molar-refractivity contribution in [1.82, 2.24) is 25.1 Å². The zero-order chi connectivity index (χ0) is 17.6. The molecule has 0 aliphatic rings. The highest BCUT2D eigenvalue weighted by atomic mass is 19.1. The Hall–Kier alpha value is -3.29. The smallest absolute Gasteiger partial charge is 0.244 e. The number of amides is 1. The summed E-state index contributed by atoms with van der Waals surface area (Å²) in [4.78, 5) is 20.2. The van der Waals surface area contributed by atoms with Gasteiger partial charge in [0.2, 0.25) is 11.8 Å². The number of nitrogens with zero attached hydrogens (tertiary/aromatic N) is 4. The van der Waals surface area contributed by atoms with Crippen LogP contribution >= 0.6 is 0 Å². The summed E-state index contributed by atoms with van der Waals surface area (Å²) in [5, 5.41) is 6.75. The van der Waals surface area contributed by atoms with E-state index in [1.807, 2.05) is 0 Å². The lowest BCUT2D eigenvalue weighted by atomic mass is 10.2. The summed E-state index contributed by atoms with van der Waals surface area (Å²) in [5.41, 5.74) is 0.672. The molecular weight excluding hydrogens is 325 g/mol. The number of nitrogens with one attached hydrogen (secondary N) is 1. The minimum atomic E-state index is -0.494. The van der Waals surface area contributed by atoms with E-state index in [9.17, 15) is 9.18 Å². The van der Waals surface area contributed by atoms with Crippen LogP contribution in [0.3, 0.4) is 0 Å². The van der Waals surface area contributed by atoms with Crippen LogP contribution in [0.2, 0.25) is 0 Å². The molecule has 3 rings (SSSR count). The maximum Gasteiger partial charge on any atom is 0.244 e. The topological polar surface area (TPSA) is 81.9 Å².